The van der Waals surface area contributed by atoms with Crippen molar-refractivity contribution >= 4 is 61.8 Å². The van der Waals surface area contributed by atoms with Gasteiger partial charge < -0.3 is 28.7 Å². The number of ether oxygens (including phenoxy) is 4. The van der Waals surface area contributed by atoms with Gasteiger partial charge in [-0.3, -0.25) is 9.69 Å². The minimum absolute atomic E-state index is 0.00592. The fraction of sp³-hybridized carbons (Fsp3) is 0.304. The minimum Gasteiger partial charge on any atom is -0.490 e. The van der Waals surface area contributed by atoms with E-state index in [0.717, 1.165) is 4.90 Å². The van der Waals surface area contributed by atoms with Crippen LogP contribution in [0.4, 0.5) is 4.79 Å². The SMILES string of the molecule is CCOc1cc(/C=C2\NC(=O)N(Cc3ccc(C(=O)OC)o3)C2=O)c(Br)c(Br)c1O[C@@H](C)C(=O)OC. The molecule has 1 aromatic carbocycles. The Morgan fingerprint density at radius 1 is 1.17 bits per heavy atom. The number of nitrogens with zero attached hydrogens (tertiary/aromatic N) is 1. The lowest BCUT2D eigenvalue weighted by molar-refractivity contribution is -0.148. The number of benzene rings is 1. The molecule has 0 spiro atoms. The van der Waals surface area contributed by atoms with Gasteiger partial charge in [0.2, 0.25) is 5.76 Å². The van der Waals surface area contributed by atoms with E-state index in [1.807, 2.05) is 0 Å². The molecule has 2 heterocycles. The molecule has 1 fully saturated rings. The smallest absolute Gasteiger partial charge is 0.373 e. The third kappa shape index (κ3) is 5.73. The summed E-state index contributed by atoms with van der Waals surface area (Å²) in [6.45, 7) is 3.42. The van der Waals surface area contributed by atoms with E-state index in [0.29, 0.717) is 26.9 Å². The van der Waals surface area contributed by atoms with E-state index < -0.39 is 30.0 Å². The Morgan fingerprint density at radius 3 is 2.53 bits per heavy atom. The van der Waals surface area contributed by atoms with E-state index in [1.54, 1.807) is 13.0 Å². The molecule has 2 aromatic rings. The number of rotatable bonds is 9. The Kier molecular flexibility index (Phi) is 8.79. The average Bonchev–Trinajstić information content (AvgIpc) is 3.44. The molecule has 0 radical (unpaired) electrons. The summed E-state index contributed by atoms with van der Waals surface area (Å²) in [5.41, 5.74) is 0.492. The Morgan fingerprint density at radius 2 is 1.89 bits per heavy atom. The van der Waals surface area contributed by atoms with Crippen molar-refractivity contribution in [2.24, 2.45) is 0 Å². The van der Waals surface area contributed by atoms with Gasteiger partial charge in [-0.05, 0) is 75.5 Å². The van der Waals surface area contributed by atoms with Crippen molar-refractivity contribution in [3.05, 3.63) is 49.9 Å². The number of hydrogen-bond donors (Lipinski definition) is 1. The Bertz CT molecular complexity index is 1240. The quantitative estimate of drug-likeness (QED) is 0.248. The van der Waals surface area contributed by atoms with Crippen molar-refractivity contribution in [1.82, 2.24) is 10.2 Å². The van der Waals surface area contributed by atoms with Crippen molar-refractivity contribution < 1.29 is 42.5 Å². The van der Waals surface area contributed by atoms with E-state index in [-0.39, 0.29) is 29.5 Å². The molecular formula is C23H22Br2N2O9. The summed E-state index contributed by atoms with van der Waals surface area (Å²) in [5.74, 6) is -1.10. The van der Waals surface area contributed by atoms with E-state index in [2.05, 4.69) is 41.9 Å². The molecule has 1 aliphatic rings. The van der Waals surface area contributed by atoms with E-state index in [4.69, 9.17) is 18.6 Å². The number of furan rings is 1. The normalized spacial score (nSPS) is 15.1. The van der Waals surface area contributed by atoms with Crippen LogP contribution < -0.4 is 14.8 Å². The lowest BCUT2D eigenvalue weighted by Crippen LogP contribution is -2.30. The van der Waals surface area contributed by atoms with Gasteiger partial charge in [-0.1, -0.05) is 0 Å². The number of esters is 2. The van der Waals surface area contributed by atoms with Crippen LogP contribution in [0.1, 0.15) is 35.7 Å². The van der Waals surface area contributed by atoms with E-state index >= 15 is 0 Å². The van der Waals surface area contributed by atoms with Gasteiger partial charge in [-0.2, -0.15) is 0 Å². The minimum atomic E-state index is -0.910. The number of carbonyl (C=O) groups is 4. The van der Waals surface area contributed by atoms with Gasteiger partial charge in [0.05, 0.1) is 31.8 Å². The molecule has 0 bridgehead atoms. The number of amides is 3. The summed E-state index contributed by atoms with van der Waals surface area (Å²) in [6, 6.07) is 3.81. The number of carbonyl (C=O) groups excluding carboxylic acids is 4. The molecule has 36 heavy (non-hydrogen) atoms. The highest BCUT2D eigenvalue weighted by molar-refractivity contribution is 9.13. The highest BCUT2D eigenvalue weighted by atomic mass is 79.9. The Labute approximate surface area is 222 Å². The number of imide groups is 1. The van der Waals surface area contributed by atoms with Gasteiger partial charge in [-0.15, -0.1) is 0 Å². The highest BCUT2D eigenvalue weighted by Gasteiger charge is 2.35. The van der Waals surface area contributed by atoms with Crippen LogP contribution >= 0.6 is 31.9 Å². The van der Waals surface area contributed by atoms with Crippen LogP contribution in [-0.2, 0) is 25.6 Å². The zero-order chi connectivity index (χ0) is 26.6. The van der Waals surface area contributed by atoms with Gasteiger partial charge in [-0.25, -0.2) is 14.4 Å². The predicted molar refractivity (Wildman–Crippen MR) is 132 cm³/mol. The van der Waals surface area contributed by atoms with Gasteiger partial charge in [0, 0.05) is 4.47 Å². The van der Waals surface area contributed by atoms with Crippen LogP contribution in [0.15, 0.2) is 37.3 Å². The maximum Gasteiger partial charge on any atom is 0.373 e. The molecule has 1 aromatic heterocycles. The van der Waals surface area contributed by atoms with E-state index in [1.165, 1.54) is 39.4 Å². The third-order valence-electron chi connectivity index (χ3n) is 4.91. The molecular weight excluding hydrogens is 608 g/mol. The van der Waals surface area contributed by atoms with Crippen LogP contribution in [0.5, 0.6) is 11.5 Å². The summed E-state index contributed by atoms with van der Waals surface area (Å²) in [7, 11) is 2.47. The van der Waals surface area contributed by atoms with E-state index in [9.17, 15) is 19.2 Å². The maximum absolute atomic E-state index is 13.0. The average molecular weight is 630 g/mol. The Hall–Kier alpha value is -3.32. The van der Waals surface area contributed by atoms with Crippen molar-refractivity contribution in [3.8, 4) is 11.5 Å². The number of halogens is 2. The fourth-order valence-corrected chi connectivity index (χ4v) is 4.10. The summed E-state index contributed by atoms with van der Waals surface area (Å²) in [5, 5.41) is 2.53. The maximum atomic E-state index is 13.0. The predicted octanol–water partition coefficient (Wildman–Crippen LogP) is 4.02. The molecule has 3 rings (SSSR count). The first-order chi connectivity index (χ1) is 17.1. The van der Waals surface area contributed by atoms with Crippen LogP contribution in [0.25, 0.3) is 6.08 Å². The zero-order valence-corrected chi connectivity index (χ0v) is 22.9. The number of nitrogens with one attached hydrogen (secondary N) is 1. The first-order valence-corrected chi connectivity index (χ1v) is 12.1. The van der Waals surface area contributed by atoms with Crippen LogP contribution in [0, 0.1) is 0 Å². The summed E-state index contributed by atoms with van der Waals surface area (Å²) in [6.07, 6.45) is 0.555. The van der Waals surface area contributed by atoms with Crippen LogP contribution in [-0.4, -0.2) is 55.7 Å². The lowest BCUT2D eigenvalue weighted by Gasteiger charge is -2.19. The molecule has 1 saturated heterocycles. The topological polar surface area (TPSA) is 134 Å². The van der Waals surface area contributed by atoms with Gasteiger partial charge >= 0.3 is 18.0 Å². The third-order valence-corrected chi connectivity index (χ3v) is 7.05. The summed E-state index contributed by atoms with van der Waals surface area (Å²) in [4.78, 5) is 49.8. The molecule has 1 aliphatic heterocycles. The first-order valence-electron chi connectivity index (χ1n) is 10.5. The fourth-order valence-electron chi connectivity index (χ4n) is 3.17. The van der Waals surface area contributed by atoms with Gasteiger partial charge in [0.15, 0.2) is 17.6 Å². The van der Waals surface area contributed by atoms with Crippen molar-refractivity contribution in [2.45, 2.75) is 26.5 Å². The number of urea groups is 1. The standard InChI is InChI=1S/C23H22Br2N2O9/c1-5-34-16-9-12(17(24)18(25)19(16)35-11(2)21(29)32-3)8-14-20(28)27(23(31)26-14)10-13-6-7-15(36-13)22(30)33-4/h6-9,11H,5,10H2,1-4H3,(H,26,31)/b14-8-/t11-/m0/s1. The highest BCUT2D eigenvalue weighted by Crippen LogP contribution is 2.44. The number of methoxy groups -OCH3 is 2. The molecule has 1 atom stereocenters. The van der Waals surface area contributed by atoms with Crippen molar-refractivity contribution in [3.63, 3.8) is 0 Å². The number of hydrogen-bond acceptors (Lipinski definition) is 9. The van der Waals surface area contributed by atoms with Gasteiger partial charge in [0.25, 0.3) is 5.91 Å². The largest absolute Gasteiger partial charge is 0.490 e. The molecule has 13 heteroatoms. The molecule has 3 amide bonds. The molecule has 1 N–H and O–H groups in total. The molecule has 192 valence electrons. The zero-order valence-electron chi connectivity index (χ0n) is 19.7. The second-order valence-corrected chi connectivity index (χ2v) is 8.86. The summed E-state index contributed by atoms with van der Waals surface area (Å²) >= 11 is 6.89. The van der Waals surface area contributed by atoms with Crippen LogP contribution in [0.3, 0.4) is 0 Å². The monoisotopic (exact) mass is 628 g/mol. The molecule has 0 saturated carbocycles. The molecule has 11 nitrogen and oxygen atoms in total. The first kappa shape index (κ1) is 27.3. The molecule has 0 aliphatic carbocycles. The van der Waals surface area contributed by atoms with Crippen LogP contribution in [0.2, 0.25) is 0 Å². The Balaban J connectivity index is 1.89. The lowest BCUT2D eigenvalue weighted by atomic mass is 10.1. The van der Waals surface area contributed by atoms with Crippen molar-refractivity contribution in [2.75, 3.05) is 20.8 Å². The van der Waals surface area contributed by atoms with Gasteiger partial charge in [0.1, 0.15) is 11.5 Å². The molecule has 0 unspecified atom stereocenters. The van der Waals surface area contributed by atoms with Crippen molar-refractivity contribution in [1.29, 1.82) is 0 Å². The summed E-state index contributed by atoms with van der Waals surface area (Å²) < 4.78 is 27.0. The second kappa shape index (κ2) is 11.6. The second-order valence-electron chi connectivity index (χ2n) is 7.27.